The van der Waals surface area contributed by atoms with Gasteiger partial charge in [-0.25, -0.2) is 13.2 Å². The molecule has 1 aliphatic heterocycles. The number of aliphatic hydroxyl groups is 1. The van der Waals surface area contributed by atoms with Crippen LogP contribution in [0.15, 0.2) is 36.4 Å². The van der Waals surface area contributed by atoms with E-state index < -0.39 is 34.5 Å². The Morgan fingerprint density at radius 2 is 1.93 bits per heavy atom. The number of rotatable bonds is 4. The lowest BCUT2D eigenvalue weighted by Gasteiger charge is -2.18. The summed E-state index contributed by atoms with van der Waals surface area (Å²) in [6.45, 7) is -0.747. The average molecular weight is 398 g/mol. The molecule has 2 aromatic carbocycles. The van der Waals surface area contributed by atoms with Crippen LogP contribution in [0.2, 0.25) is 0 Å². The van der Waals surface area contributed by atoms with Gasteiger partial charge in [0, 0.05) is 37.1 Å². The third-order valence-corrected chi connectivity index (χ3v) is 6.90. The Balaban J connectivity index is 1.76. The highest BCUT2D eigenvalue weighted by Gasteiger charge is 2.59. The van der Waals surface area contributed by atoms with E-state index in [4.69, 9.17) is 0 Å². The summed E-state index contributed by atoms with van der Waals surface area (Å²) in [5.74, 6) is -4.41. The number of fused-ring (bicyclic) bond motifs is 1. The van der Waals surface area contributed by atoms with E-state index in [0.717, 1.165) is 8.61 Å². The molecular formula is C18H17F3N2O3S. The Kier molecular flexibility index (Phi) is 3.94. The number of benzene rings is 2. The van der Waals surface area contributed by atoms with Crippen LogP contribution < -0.4 is 8.61 Å². The Morgan fingerprint density at radius 3 is 2.56 bits per heavy atom. The minimum Gasteiger partial charge on any atom is -0.392 e. The van der Waals surface area contributed by atoms with E-state index in [2.05, 4.69) is 0 Å². The first-order valence-corrected chi connectivity index (χ1v) is 9.73. The second-order valence-corrected chi connectivity index (χ2v) is 8.69. The van der Waals surface area contributed by atoms with Gasteiger partial charge in [-0.3, -0.25) is 8.61 Å². The van der Waals surface area contributed by atoms with Crippen LogP contribution in [0, 0.1) is 11.7 Å². The molecule has 1 unspecified atom stereocenters. The van der Waals surface area contributed by atoms with Gasteiger partial charge in [0.05, 0.1) is 18.0 Å². The van der Waals surface area contributed by atoms with Crippen LogP contribution in [-0.4, -0.2) is 33.0 Å². The number of alkyl halides is 2. The zero-order chi connectivity index (χ0) is 19.6. The van der Waals surface area contributed by atoms with Gasteiger partial charge in [0.2, 0.25) is 0 Å². The maximum atomic E-state index is 14.5. The molecule has 1 N–H and O–H groups in total. The second kappa shape index (κ2) is 5.87. The van der Waals surface area contributed by atoms with Gasteiger partial charge in [-0.2, -0.15) is 8.42 Å². The standard InChI is InChI=1S/C18H17F3N2O3S/c1-22-16-7-11(14-4-2-3-12(10-24)17(14)19)5-6-15(16)23(27(22,25)26)9-13-8-18(13,20)21/h2-7,13,24H,8-10H2,1H3. The molecule has 5 nitrogen and oxygen atoms in total. The summed E-state index contributed by atoms with van der Waals surface area (Å²) >= 11 is 0. The molecule has 0 aromatic heterocycles. The number of nitrogens with zero attached hydrogens (tertiary/aromatic N) is 2. The molecule has 2 aromatic rings. The molecule has 144 valence electrons. The van der Waals surface area contributed by atoms with E-state index in [1.807, 2.05) is 0 Å². The number of hydrogen-bond acceptors (Lipinski definition) is 3. The van der Waals surface area contributed by atoms with Crippen LogP contribution in [0.5, 0.6) is 0 Å². The highest BCUT2D eigenvalue weighted by atomic mass is 32.2. The molecule has 9 heteroatoms. The number of anilines is 2. The van der Waals surface area contributed by atoms with Gasteiger partial charge in [0.25, 0.3) is 5.92 Å². The highest BCUT2D eigenvalue weighted by Crippen LogP contribution is 2.51. The van der Waals surface area contributed by atoms with Gasteiger partial charge in [-0.05, 0) is 17.7 Å². The Morgan fingerprint density at radius 1 is 1.22 bits per heavy atom. The normalized spacial score (nSPS) is 22.0. The van der Waals surface area contributed by atoms with Crippen LogP contribution in [0.3, 0.4) is 0 Å². The first-order chi connectivity index (χ1) is 12.7. The van der Waals surface area contributed by atoms with E-state index in [-0.39, 0.29) is 24.1 Å². The number of hydrogen-bond donors (Lipinski definition) is 1. The van der Waals surface area contributed by atoms with E-state index in [0.29, 0.717) is 16.9 Å². The Hall–Kier alpha value is -2.26. The quantitative estimate of drug-likeness (QED) is 0.861. The molecule has 0 bridgehead atoms. The molecule has 1 atom stereocenters. The lowest BCUT2D eigenvalue weighted by Crippen LogP contribution is -2.37. The Bertz CT molecular complexity index is 1030. The first kappa shape index (κ1) is 18.1. The molecule has 1 saturated carbocycles. The van der Waals surface area contributed by atoms with Gasteiger partial charge in [0.1, 0.15) is 5.82 Å². The van der Waals surface area contributed by atoms with Gasteiger partial charge < -0.3 is 5.11 Å². The molecule has 1 fully saturated rings. The molecule has 27 heavy (non-hydrogen) atoms. The van der Waals surface area contributed by atoms with Crippen LogP contribution in [0.1, 0.15) is 12.0 Å². The number of aliphatic hydroxyl groups excluding tert-OH is 1. The lowest BCUT2D eigenvalue weighted by molar-refractivity contribution is 0.101. The molecule has 0 radical (unpaired) electrons. The summed E-state index contributed by atoms with van der Waals surface area (Å²) in [7, 11) is -2.62. The van der Waals surface area contributed by atoms with Crippen LogP contribution >= 0.6 is 0 Å². The van der Waals surface area contributed by atoms with Gasteiger partial charge in [-0.1, -0.05) is 24.3 Å². The zero-order valence-electron chi connectivity index (χ0n) is 14.4. The summed E-state index contributed by atoms with van der Waals surface area (Å²) in [5, 5.41) is 9.23. The van der Waals surface area contributed by atoms with Crippen molar-refractivity contribution in [2.24, 2.45) is 5.92 Å². The van der Waals surface area contributed by atoms with E-state index in [9.17, 15) is 26.7 Å². The highest BCUT2D eigenvalue weighted by molar-refractivity contribution is 7.94. The van der Waals surface area contributed by atoms with Crippen molar-refractivity contribution in [2.45, 2.75) is 19.0 Å². The zero-order valence-corrected chi connectivity index (χ0v) is 15.2. The monoisotopic (exact) mass is 398 g/mol. The minimum atomic E-state index is -3.95. The van der Waals surface area contributed by atoms with Crippen molar-refractivity contribution in [2.75, 3.05) is 22.2 Å². The predicted octanol–water partition coefficient (Wildman–Crippen LogP) is 3.14. The fourth-order valence-corrected chi connectivity index (χ4v) is 4.80. The largest absolute Gasteiger partial charge is 0.392 e. The summed E-state index contributed by atoms with van der Waals surface area (Å²) in [5.41, 5.74) is 1.38. The van der Waals surface area contributed by atoms with Crippen molar-refractivity contribution in [3.05, 3.63) is 47.8 Å². The fourth-order valence-electron chi connectivity index (χ4n) is 3.34. The van der Waals surface area contributed by atoms with Crippen LogP contribution in [0.25, 0.3) is 11.1 Å². The van der Waals surface area contributed by atoms with Crippen LogP contribution in [0.4, 0.5) is 24.5 Å². The summed E-state index contributed by atoms with van der Waals surface area (Å²) in [6, 6.07) is 9.14. The van der Waals surface area contributed by atoms with E-state index >= 15 is 0 Å². The van der Waals surface area contributed by atoms with Crippen molar-refractivity contribution in [1.82, 2.24) is 0 Å². The molecule has 4 rings (SSSR count). The molecular weight excluding hydrogens is 381 g/mol. The lowest BCUT2D eigenvalue weighted by atomic mass is 10.0. The molecule has 0 saturated heterocycles. The van der Waals surface area contributed by atoms with Crippen molar-refractivity contribution in [1.29, 1.82) is 0 Å². The Labute approximate surface area is 154 Å². The molecule has 1 aliphatic carbocycles. The summed E-state index contributed by atoms with van der Waals surface area (Å²) in [6.07, 6.45) is -0.324. The van der Waals surface area contributed by atoms with Gasteiger partial charge in [-0.15, -0.1) is 0 Å². The fraction of sp³-hybridized carbons (Fsp3) is 0.333. The van der Waals surface area contributed by atoms with Crippen molar-refractivity contribution < 1.29 is 26.7 Å². The third kappa shape index (κ3) is 2.76. The summed E-state index contributed by atoms with van der Waals surface area (Å²) in [4.78, 5) is 0. The topological polar surface area (TPSA) is 60.9 Å². The van der Waals surface area contributed by atoms with Crippen molar-refractivity contribution in [3.8, 4) is 11.1 Å². The maximum absolute atomic E-state index is 14.5. The molecule has 2 aliphatic rings. The SMILES string of the molecule is CN1c2cc(-c3cccc(CO)c3F)ccc2N(CC2CC2(F)F)S1(=O)=O. The molecule has 0 amide bonds. The summed E-state index contributed by atoms with van der Waals surface area (Å²) < 4.78 is 68.4. The van der Waals surface area contributed by atoms with Gasteiger partial charge in [0.15, 0.2) is 0 Å². The average Bonchev–Trinajstić information content (AvgIpc) is 3.19. The van der Waals surface area contributed by atoms with Crippen molar-refractivity contribution in [3.63, 3.8) is 0 Å². The second-order valence-electron chi connectivity index (χ2n) is 6.81. The number of halogens is 3. The molecule has 0 spiro atoms. The third-order valence-electron chi connectivity index (χ3n) is 5.11. The first-order valence-electron chi connectivity index (χ1n) is 8.34. The minimum absolute atomic E-state index is 0.131. The van der Waals surface area contributed by atoms with Crippen LogP contribution in [-0.2, 0) is 16.8 Å². The predicted molar refractivity (Wildman–Crippen MR) is 95.5 cm³/mol. The van der Waals surface area contributed by atoms with Gasteiger partial charge >= 0.3 is 10.2 Å². The maximum Gasteiger partial charge on any atom is 0.326 e. The van der Waals surface area contributed by atoms with E-state index in [1.54, 1.807) is 12.1 Å². The van der Waals surface area contributed by atoms with Crippen molar-refractivity contribution >= 4 is 21.6 Å². The smallest absolute Gasteiger partial charge is 0.326 e. The molecule has 1 heterocycles. The van der Waals surface area contributed by atoms with E-state index in [1.165, 1.54) is 31.3 Å².